The third-order valence-corrected chi connectivity index (χ3v) is 3.36. The maximum absolute atomic E-state index is 9.82. The lowest BCUT2D eigenvalue weighted by atomic mass is 9.89. The van der Waals surface area contributed by atoms with Gasteiger partial charge in [0.15, 0.2) is 11.5 Å². The number of aromatic hydroxyl groups is 2. The van der Waals surface area contributed by atoms with E-state index >= 15 is 0 Å². The van der Waals surface area contributed by atoms with E-state index in [0.717, 1.165) is 32.1 Å². The molecule has 0 aliphatic rings. The van der Waals surface area contributed by atoms with Crippen molar-refractivity contribution in [1.82, 2.24) is 0 Å². The van der Waals surface area contributed by atoms with E-state index in [1.165, 1.54) is 6.07 Å². The van der Waals surface area contributed by atoms with Crippen LogP contribution in [0.25, 0.3) is 0 Å². The summed E-state index contributed by atoms with van der Waals surface area (Å²) in [6.45, 7) is 6.36. The first-order valence-corrected chi connectivity index (χ1v) is 6.78. The van der Waals surface area contributed by atoms with Crippen molar-refractivity contribution in [3.05, 3.63) is 18.2 Å². The molecule has 1 aromatic carbocycles. The molecule has 3 nitrogen and oxygen atoms in total. The molecule has 0 unspecified atom stereocenters. The van der Waals surface area contributed by atoms with Gasteiger partial charge in [-0.2, -0.15) is 0 Å². The number of ether oxygens (including phenoxy) is 1. The lowest BCUT2D eigenvalue weighted by Crippen LogP contribution is -2.35. The van der Waals surface area contributed by atoms with Crippen molar-refractivity contribution >= 4 is 0 Å². The summed E-state index contributed by atoms with van der Waals surface area (Å²) in [6.07, 6.45) is 4.86. The summed E-state index contributed by atoms with van der Waals surface area (Å²) < 4.78 is 6.03. The van der Waals surface area contributed by atoms with Crippen molar-refractivity contribution in [2.24, 2.45) is 0 Å². The van der Waals surface area contributed by atoms with Crippen molar-refractivity contribution in [1.29, 1.82) is 0 Å². The van der Waals surface area contributed by atoms with Crippen LogP contribution in [0.3, 0.4) is 0 Å². The van der Waals surface area contributed by atoms with Gasteiger partial charge in [0, 0.05) is 0 Å². The van der Waals surface area contributed by atoms with E-state index in [2.05, 4.69) is 20.8 Å². The molecule has 0 aromatic heterocycles. The zero-order valence-corrected chi connectivity index (χ0v) is 11.6. The lowest BCUT2D eigenvalue weighted by Gasteiger charge is -2.33. The normalized spacial score (nSPS) is 11.5. The summed E-state index contributed by atoms with van der Waals surface area (Å²) in [4.78, 5) is 0. The third kappa shape index (κ3) is 3.31. The third-order valence-electron chi connectivity index (χ3n) is 3.36. The Hall–Kier alpha value is -1.38. The summed E-state index contributed by atoms with van der Waals surface area (Å²) in [5.74, 6) is 0.0757. The number of phenols is 2. The monoisotopic (exact) mass is 252 g/mol. The molecule has 0 aliphatic heterocycles. The Kier molecular flexibility index (Phi) is 5.32. The Morgan fingerprint density at radius 3 is 2.17 bits per heavy atom. The highest BCUT2D eigenvalue weighted by Gasteiger charge is 2.29. The summed E-state index contributed by atoms with van der Waals surface area (Å²) in [7, 11) is 0. The van der Waals surface area contributed by atoms with E-state index in [1.807, 2.05) is 0 Å². The van der Waals surface area contributed by atoms with E-state index < -0.39 is 0 Å². The van der Waals surface area contributed by atoms with E-state index in [1.54, 1.807) is 12.1 Å². The Balaban J connectivity index is 2.98. The molecule has 2 N–H and O–H groups in total. The largest absolute Gasteiger partial charge is 0.504 e. The molecule has 0 saturated heterocycles. The van der Waals surface area contributed by atoms with E-state index in [9.17, 15) is 10.2 Å². The smallest absolute Gasteiger partial charge is 0.200 e. The fourth-order valence-electron chi connectivity index (χ4n) is 2.39. The van der Waals surface area contributed by atoms with Gasteiger partial charge in [-0.1, -0.05) is 39.7 Å². The van der Waals surface area contributed by atoms with Crippen LogP contribution in [0.4, 0.5) is 0 Å². The molecule has 0 spiro atoms. The fraction of sp³-hybridized carbons (Fsp3) is 0.600. The van der Waals surface area contributed by atoms with Crippen molar-refractivity contribution in [2.45, 2.75) is 58.5 Å². The lowest BCUT2D eigenvalue weighted by molar-refractivity contribution is 0.0415. The molecule has 0 radical (unpaired) electrons. The summed E-state index contributed by atoms with van der Waals surface area (Å²) in [6, 6.07) is 4.84. The molecular weight excluding hydrogens is 228 g/mol. The molecule has 0 aliphatic carbocycles. The van der Waals surface area contributed by atoms with Crippen LogP contribution in [-0.4, -0.2) is 15.8 Å². The van der Waals surface area contributed by atoms with Gasteiger partial charge >= 0.3 is 0 Å². The van der Waals surface area contributed by atoms with Gasteiger partial charge < -0.3 is 14.9 Å². The first-order valence-electron chi connectivity index (χ1n) is 6.78. The van der Waals surface area contributed by atoms with Gasteiger partial charge in [0.2, 0.25) is 5.75 Å². The van der Waals surface area contributed by atoms with E-state index in [-0.39, 0.29) is 17.1 Å². The first kappa shape index (κ1) is 14.7. The van der Waals surface area contributed by atoms with Crippen LogP contribution in [0.1, 0.15) is 52.9 Å². The predicted octanol–water partition coefficient (Wildman–Crippen LogP) is 4.23. The molecule has 0 atom stereocenters. The van der Waals surface area contributed by atoms with Gasteiger partial charge in [0.05, 0.1) is 0 Å². The minimum Gasteiger partial charge on any atom is -0.504 e. The fourth-order valence-corrected chi connectivity index (χ4v) is 2.39. The van der Waals surface area contributed by atoms with Gasteiger partial charge in [-0.25, -0.2) is 0 Å². The van der Waals surface area contributed by atoms with Crippen molar-refractivity contribution in [3.63, 3.8) is 0 Å². The molecule has 18 heavy (non-hydrogen) atoms. The summed E-state index contributed by atoms with van der Waals surface area (Å²) >= 11 is 0. The number of hydrogen-bond donors (Lipinski definition) is 2. The second kappa shape index (κ2) is 6.53. The molecule has 0 heterocycles. The van der Waals surface area contributed by atoms with Crippen LogP contribution in [0.2, 0.25) is 0 Å². The molecular formula is C15H24O3. The minimum atomic E-state index is -0.241. The van der Waals surface area contributed by atoms with Gasteiger partial charge in [0.1, 0.15) is 5.60 Å². The average Bonchev–Trinajstić information content (AvgIpc) is 2.35. The summed E-state index contributed by atoms with van der Waals surface area (Å²) in [5.41, 5.74) is -0.241. The van der Waals surface area contributed by atoms with Crippen molar-refractivity contribution in [2.75, 3.05) is 0 Å². The van der Waals surface area contributed by atoms with Crippen molar-refractivity contribution < 1.29 is 14.9 Å². The zero-order chi connectivity index (χ0) is 13.6. The van der Waals surface area contributed by atoms with Gasteiger partial charge in [-0.15, -0.1) is 0 Å². The van der Waals surface area contributed by atoms with E-state index in [0.29, 0.717) is 5.75 Å². The molecule has 102 valence electrons. The maximum Gasteiger partial charge on any atom is 0.200 e. The summed E-state index contributed by atoms with van der Waals surface area (Å²) in [5, 5.41) is 19.3. The second-order valence-electron chi connectivity index (χ2n) is 4.76. The number of para-hydroxylation sites is 1. The number of benzene rings is 1. The molecule has 0 amide bonds. The highest BCUT2D eigenvalue weighted by Crippen LogP contribution is 2.39. The standard InChI is InChI=1S/C15H24O3/c1-4-10-15(6-3,11-5-2)18-13-9-7-8-12(16)14(13)17/h7-9,16-17H,4-6,10-11H2,1-3H3. The molecule has 1 aromatic rings. The predicted molar refractivity (Wildman–Crippen MR) is 73.2 cm³/mol. The SMILES string of the molecule is CCCC(CC)(CCC)Oc1cccc(O)c1O. The average molecular weight is 252 g/mol. The topological polar surface area (TPSA) is 49.7 Å². The Morgan fingerprint density at radius 2 is 1.67 bits per heavy atom. The first-order chi connectivity index (χ1) is 8.58. The maximum atomic E-state index is 9.82. The molecule has 0 bridgehead atoms. The van der Waals surface area contributed by atoms with Gasteiger partial charge in [-0.3, -0.25) is 0 Å². The van der Waals surface area contributed by atoms with Crippen LogP contribution in [0.15, 0.2) is 18.2 Å². The quantitative estimate of drug-likeness (QED) is 0.714. The van der Waals surface area contributed by atoms with Gasteiger partial charge in [0.25, 0.3) is 0 Å². The van der Waals surface area contributed by atoms with Crippen LogP contribution in [0.5, 0.6) is 17.2 Å². The van der Waals surface area contributed by atoms with Crippen molar-refractivity contribution in [3.8, 4) is 17.2 Å². The minimum absolute atomic E-state index is 0.134. The highest BCUT2D eigenvalue weighted by molar-refractivity contribution is 5.49. The number of phenolic OH excluding ortho intramolecular Hbond substituents is 2. The van der Waals surface area contributed by atoms with Crippen LogP contribution >= 0.6 is 0 Å². The van der Waals surface area contributed by atoms with Crippen LogP contribution < -0.4 is 4.74 Å². The Morgan fingerprint density at radius 1 is 1.06 bits per heavy atom. The second-order valence-corrected chi connectivity index (χ2v) is 4.76. The van der Waals surface area contributed by atoms with E-state index in [4.69, 9.17) is 4.74 Å². The van der Waals surface area contributed by atoms with Gasteiger partial charge in [-0.05, 0) is 31.4 Å². The van der Waals surface area contributed by atoms with Crippen LogP contribution in [-0.2, 0) is 0 Å². The molecule has 1 rings (SSSR count). The Bertz CT molecular complexity index is 368. The Labute approximate surface area is 109 Å². The highest BCUT2D eigenvalue weighted by atomic mass is 16.5. The number of hydrogen-bond acceptors (Lipinski definition) is 3. The number of rotatable bonds is 7. The molecule has 3 heteroatoms. The molecule has 0 fully saturated rings. The van der Waals surface area contributed by atoms with Crippen LogP contribution in [0, 0.1) is 0 Å². The molecule has 0 saturated carbocycles. The zero-order valence-electron chi connectivity index (χ0n) is 11.6.